The second kappa shape index (κ2) is 4.34. The van der Waals surface area contributed by atoms with E-state index in [0.717, 1.165) is 22.5 Å². The van der Waals surface area contributed by atoms with E-state index in [9.17, 15) is 8.42 Å². The molecule has 0 radical (unpaired) electrons. The van der Waals surface area contributed by atoms with Crippen molar-refractivity contribution in [2.75, 3.05) is 17.2 Å². The Labute approximate surface area is 117 Å². The third-order valence-corrected chi connectivity index (χ3v) is 5.58. The molecule has 2 aromatic heterocycles. The molecule has 0 spiro atoms. The lowest BCUT2D eigenvalue weighted by atomic mass is 10.1. The van der Waals surface area contributed by atoms with Crippen LogP contribution in [0.15, 0.2) is 6.20 Å². The minimum atomic E-state index is -2.96. The summed E-state index contributed by atoms with van der Waals surface area (Å²) in [5.41, 5.74) is 9.54. The lowest BCUT2D eigenvalue weighted by Crippen LogP contribution is -2.14. The lowest BCUT2D eigenvalue weighted by molar-refractivity contribution is 0.508. The van der Waals surface area contributed by atoms with E-state index < -0.39 is 9.84 Å². The van der Waals surface area contributed by atoms with Gasteiger partial charge in [-0.3, -0.25) is 5.10 Å². The van der Waals surface area contributed by atoms with Crippen molar-refractivity contribution in [1.82, 2.24) is 20.0 Å². The quantitative estimate of drug-likeness (QED) is 0.853. The maximum atomic E-state index is 11.6. The Balaban J connectivity index is 2.05. The first-order valence-corrected chi connectivity index (χ1v) is 8.26. The molecule has 108 valence electrons. The van der Waals surface area contributed by atoms with Crippen LogP contribution in [-0.4, -0.2) is 39.9 Å². The van der Waals surface area contributed by atoms with Crippen molar-refractivity contribution in [2.24, 2.45) is 0 Å². The molecule has 0 saturated carbocycles. The van der Waals surface area contributed by atoms with Crippen molar-refractivity contribution in [3.05, 3.63) is 17.5 Å². The van der Waals surface area contributed by atoms with E-state index >= 15 is 0 Å². The molecule has 1 aliphatic rings. The van der Waals surface area contributed by atoms with Crippen LogP contribution in [-0.2, 0) is 9.84 Å². The predicted octanol–water partition coefficient (Wildman–Crippen LogP) is 0.832. The second-order valence-corrected chi connectivity index (χ2v) is 7.50. The van der Waals surface area contributed by atoms with E-state index in [1.807, 2.05) is 13.8 Å². The number of nitrogens with two attached hydrogens (primary N) is 1. The Morgan fingerprint density at radius 1 is 1.45 bits per heavy atom. The van der Waals surface area contributed by atoms with Gasteiger partial charge < -0.3 is 5.73 Å². The van der Waals surface area contributed by atoms with Crippen molar-refractivity contribution in [2.45, 2.75) is 26.3 Å². The summed E-state index contributed by atoms with van der Waals surface area (Å²) in [6.07, 6.45) is 2.28. The van der Waals surface area contributed by atoms with Gasteiger partial charge in [0.05, 0.1) is 23.7 Å². The van der Waals surface area contributed by atoms with Gasteiger partial charge in [-0.25, -0.2) is 13.1 Å². The molecule has 0 amide bonds. The molecule has 1 aliphatic heterocycles. The fraction of sp³-hybridized carbons (Fsp3) is 0.500. The summed E-state index contributed by atoms with van der Waals surface area (Å²) < 4.78 is 24.9. The summed E-state index contributed by atoms with van der Waals surface area (Å²) in [5.74, 6) is 0.848. The Morgan fingerprint density at radius 3 is 2.75 bits per heavy atom. The van der Waals surface area contributed by atoms with Crippen LogP contribution in [0.4, 0.5) is 5.82 Å². The molecule has 1 unspecified atom stereocenters. The third kappa shape index (κ3) is 2.00. The fourth-order valence-corrected chi connectivity index (χ4v) is 4.31. The first-order valence-electron chi connectivity index (χ1n) is 6.44. The highest BCUT2D eigenvalue weighted by atomic mass is 32.2. The predicted molar refractivity (Wildman–Crippen MR) is 76.0 cm³/mol. The largest absolute Gasteiger partial charge is 0.384 e. The van der Waals surface area contributed by atoms with Gasteiger partial charge in [-0.1, -0.05) is 0 Å². The van der Waals surface area contributed by atoms with Gasteiger partial charge in [0.25, 0.3) is 0 Å². The number of aromatic nitrogens is 4. The zero-order chi connectivity index (χ0) is 14.5. The van der Waals surface area contributed by atoms with Crippen LogP contribution in [0.1, 0.15) is 23.7 Å². The molecule has 1 saturated heterocycles. The number of rotatable bonds is 2. The molecule has 0 aliphatic carbocycles. The highest BCUT2D eigenvalue weighted by Gasteiger charge is 2.32. The zero-order valence-electron chi connectivity index (χ0n) is 11.4. The molecule has 3 N–H and O–H groups in total. The number of H-pyrrole nitrogens is 1. The molecule has 3 heterocycles. The first kappa shape index (κ1) is 13.2. The van der Waals surface area contributed by atoms with E-state index in [1.54, 1.807) is 10.9 Å². The molecule has 8 heteroatoms. The van der Waals surface area contributed by atoms with Gasteiger partial charge >= 0.3 is 0 Å². The highest BCUT2D eigenvalue weighted by Crippen LogP contribution is 2.32. The molecule has 7 nitrogen and oxygen atoms in total. The Morgan fingerprint density at radius 2 is 2.20 bits per heavy atom. The Hall–Kier alpha value is -1.83. The molecule has 0 bridgehead atoms. The molecular formula is C12H17N5O2S. The number of nitrogens with zero attached hydrogens (tertiary/aromatic N) is 3. The van der Waals surface area contributed by atoms with Crippen LogP contribution in [0.25, 0.3) is 11.3 Å². The molecule has 20 heavy (non-hydrogen) atoms. The first-order chi connectivity index (χ1) is 9.39. The Bertz CT molecular complexity index is 759. The number of sulfone groups is 1. The highest BCUT2D eigenvalue weighted by molar-refractivity contribution is 7.91. The maximum absolute atomic E-state index is 11.6. The minimum Gasteiger partial charge on any atom is -0.384 e. The van der Waals surface area contributed by atoms with Gasteiger partial charge in [0.1, 0.15) is 11.5 Å². The SMILES string of the molecule is Cc1[nH]ncc1-c1nn(C2CCS(=O)(=O)C2)c(N)c1C. The van der Waals surface area contributed by atoms with E-state index in [4.69, 9.17) is 5.73 Å². The second-order valence-electron chi connectivity index (χ2n) is 5.27. The molecule has 3 rings (SSSR count). The fourth-order valence-electron chi connectivity index (χ4n) is 2.62. The van der Waals surface area contributed by atoms with Crippen LogP contribution < -0.4 is 5.73 Å². The van der Waals surface area contributed by atoms with Crippen molar-refractivity contribution in [3.8, 4) is 11.3 Å². The van der Waals surface area contributed by atoms with Crippen LogP contribution in [0.3, 0.4) is 0 Å². The number of nitrogen functional groups attached to an aromatic ring is 1. The average Bonchev–Trinajstić information content (AvgIpc) is 3.02. The van der Waals surface area contributed by atoms with Crippen molar-refractivity contribution < 1.29 is 8.42 Å². The number of nitrogens with one attached hydrogen (secondary N) is 1. The summed E-state index contributed by atoms with van der Waals surface area (Å²) in [4.78, 5) is 0. The van der Waals surface area contributed by atoms with Gasteiger partial charge in [-0.2, -0.15) is 10.2 Å². The number of hydrogen-bond donors (Lipinski definition) is 2. The summed E-state index contributed by atoms with van der Waals surface area (Å²) in [5, 5.41) is 11.4. The van der Waals surface area contributed by atoms with Crippen LogP contribution in [0, 0.1) is 13.8 Å². The molecule has 0 aromatic carbocycles. The summed E-state index contributed by atoms with van der Waals surface area (Å²) >= 11 is 0. The van der Waals surface area contributed by atoms with Gasteiger partial charge in [0.2, 0.25) is 0 Å². The van der Waals surface area contributed by atoms with Crippen molar-refractivity contribution in [1.29, 1.82) is 0 Å². The van der Waals surface area contributed by atoms with E-state index in [2.05, 4.69) is 15.3 Å². The van der Waals surface area contributed by atoms with Gasteiger partial charge in [0, 0.05) is 16.8 Å². The van der Waals surface area contributed by atoms with Gasteiger partial charge in [-0.05, 0) is 20.3 Å². The van der Waals surface area contributed by atoms with E-state index in [0.29, 0.717) is 12.2 Å². The topological polar surface area (TPSA) is 107 Å². The zero-order valence-corrected chi connectivity index (χ0v) is 12.2. The smallest absolute Gasteiger partial charge is 0.152 e. The normalized spacial score (nSPS) is 21.4. The van der Waals surface area contributed by atoms with Crippen LogP contribution >= 0.6 is 0 Å². The minimum absolute atomic E-state index is 0.113. The van der Waals surface area contributed by atoms with Crippen molar-refractivity contribution >= 4 is 15.7 Å². The lowest BCUT2D eigenvalue weighted by Gasteiger charge is -2.10. The Kier molecular flexibility index (Phi) is 2.86. The molecular weight excluding hydrogens is 278 g/mol. The van der Waals surface area contributed by atoms with Crippen LogP contribution in [0.5, 0.6) is 0 Å². The standard InChI is InChI=1S/C12H17N5O2S/c1-7-11(10-5-14-15-8(10)2)16-17(12(7)13)9-3-4-20(18,19)6-9/h5,9H,3-4,6,13H2,1-2H3,(H,14,15). The summed E-state index contributed by atoms with van der Waals surface area (Å²) in [7, 11) is -2.96. The van der Waals surface area contributed by atoms with Crippen molar-refractivity contribution in [3.63, 3.8) is 0 Å². The third-order valence-electron chi connectivity index (χ3n) is 3.83. The molecule has 1 atom stereocenters. The van der Waals surface area contributed by atoms with E-state index in [1.165, 1.54) is 0 Å². The number of hydrogen-bond acceptors (Lipinski definition) is 5. The van der Waals surface area contributed by atoms with Crippen LogP contribution in [0.2, 0.25) is 0 Å². The molecule has 1 fully saturated rings. The summed E-state index contributed by atoms with van der Waals surface area (Å²) in [6.45, 7) is 3.81. The average molecular weight is 295 g/mol. The molecule has 2 aromatic rings. The number of aromatic amines is 1. The summed E-state index contributed by atoms with van der Waals surface area (Å²) in [6, 6.07) is -0.167. The number of aryl methyl sites for hydroxylation is 1. The monoisotopic (exact) mass is 295 g/mol. The van der Waals surface area contributed by atoms with Gasteiger partial charge in [0.15, 0.2) is 9.84 Å². The van der Waals surface area contributed by atoms with E-state index in [-0.39, 0.29) is 17.5 Å². The maximum Gasteiger partial charge on any atom is 0.152 e. The van der Waals surface area contributed by atoms with Gasteiger partial charge in [-0.15, -0.1) is 0 Å². The number of anilines is 1.